The number of carbonyl (C=O) groups excluding carboxylic acids is 1. The number of halogens is 1. The lowest BCUT2D eigenvalue weighted by Gasteiger charge is -2.35. The van der Waals surface area contributed by atoms with E-state index in [2.05, 4.69) is 25.7 Å². The number of amides is 1. The lowest BCUT2D eigenvalue weighted by Crippen LogP contribution is -2.45. The number of hydrogen-bond acceptors (Lipinski definition) is 7. The third-order valence-corrected chi connectivity index (χ3v) is 5.53. The van der Waals surface area contributed by atoms with E-state index in [1.807, 2.05) is 38.1 Å². The van der Waals surface area contributed by atoms with E-state index in [9.17, 15) is 9.18 Å². The third kappa shape index (κ3) is 4.20. The van der Waals surface area contributed by atoms with Gasteiger partial charge >= 0.3 is 0 Å². The van der Waals surface area contributed by atoms with E-state index in [0.29, 0.717) is 24.5 Å². The van der Waals surface area contributed by atoms with Crippen molar-refractivity contribution < 1.29 is 13.9 Å². The molecular weight excluding hydrogens is 413 g/mol. The van der Waals surface area contributed by atoms with E-state index in [1.165, 1.54) is 13.2 Å². The smallest absolute Gasteiger partial charge is 0.250 e. The highest BCUT2D eigenvalue weighted by molar-refractivity contribution is 6.04. The molecule has 1 amide bonds. The van der Waals surface area contributed by atoms with Crippen LogP contribution >= 0.6 is 0 Å². The molecule has 10 heteroatoms. The second-order valence-corrected chi connectivity index (χ2v) is 7.75. The maximum atomic E-state index is 13.9. The quantitative estimate of drug-likeness (QED) is 0.584. The lowest BCUT2D eigenvalue weighted by molar-refractivity contribution is -0.117. The number of likely N-dealkylation sites (N-methyl/N-ethyl adjacent to an activating group) is 1. The van der Waals surface area contributed by atoms with Gasteiger partial charge in [0.1, 0.15) is 11.9 Å². The second kappa shape index (κ2) is 8.81. The van der Waals surface area contributed by atoms with Gasteiger partial charge in [-0.3, -0.25) is 9.48 Å². The van der Waals surface area contributed by atoms with Gasteiger partial charge in [-0.05, 0) is 25.0 Å². The van der Waals surface area contributed by atoms with Gasteiger partial charge in [-0.1, -0.05) is 6.92 Å². The molecule has 32 heavy (non-hydrogen) atoms. The number of pyridine rings is 2. The Morgan fingerprint density at radius 3 is 2.81 bits per heavy atom. The van der Waals surface area contributed by atoms with Gasteiger partial charge in [0.05, 0.1) is 36.9 Å². The van der Waals surface area contributed by atoms with Crippen LogP contribution in [-0.2, 0) is 17.9 Å². The molecule has 3 aromatic heterocycles. The highest BCUT2D eigenvalue weighted by atomic mass is 19.1. The van der Waals surface area contributed by atoms with E-state index in [-0.39, 0.29) is 17.8 Å². The van der Waals surface area contributed by atoms with Crippen molar-refractivity contribution in [2.24, 2.45) is 0 Å². The number of fused-ring (bicyclic) bond motifs is 1. The number of methoxy groups -OCH3 is 1. The van der Waals surface area contributed by atoms with Crippen LogP contribution < -0.4 is 20.3 Å². The van der Waals surface area contributed by atoms with Crippen LogP contribution in [0, 0.1) is 12.7 Å². The topological polar surface area (TPSA) is 97.2 Å². The predicted octanol–water partition coefficient (Wildman–Crippen LogP) is 2.96. The zero-order valence-corrected chi connectivity index (χ0v) is 18.5. The third-order valence-electron chi connectivity index (χ3n) is 5.53. The maximum absolute atomic E-state index is 13.9. The van der Waals surface area contributed by atoms with Crippen LogP contribution in [0.15, 0.2) is 30.7 Å². The van der Waals surface area contributed by atoms with Crippen molar-refractivity contribution in [2.75, 3.05) is 29.7 Å². The molecule has 1 aliphatic rings. The summed E-state index contributed by atoms with van der Waals surface area (Å²) in [6, 6.07) is 3.14. The van der Waals surface area contributed by atoms with E-state index in [0.717, 1.165) is 29.1 Å². The number of hydrogen-bond donors (Lipinski definition) is 2. The summed E-state index contributed by atoms with van der Waals surface area (Å²) >= 11 is 0. The fourth-order valence-electron chi connectivity index (χ4n) is 3.85. The molecule has 9 nitrogen and oxygen atoms in total. The van der Waals surface area contributed by atoms with Gasteiger partial charge in [0.2, 0.25) is 11.8 Å². The standard InChI is InChI=1S/C22H26FN7O2/c1-5-17-21(31)28-20-13(2)27-19(7-18(20)29(17)3)24-9-15-10-26-30(12-15)11-14-6-16(23)22(32-4)25-8-14/h6-8,10,12,17H,5,9,11H2,1-4H3,(H,24,27)(H,28,31)/t17-/m0/s1. The van der Waals surface area contributed by atoms with Crippen LogP contribution in [-0.4, -0.2) is 45.9 Å². The summed E-state index contributed by atoms with van der Waals surface area (Å²) < 4.78 is 20.4. The summed E-state index contributed by atoms with van der Waals surface area (Å²) in [6.45, 7) is 4.79. The molecular formula is C22H26FN7O2. The Morgan fingerprint density at radius 2 is 2.09 bits per heavy atom. The summed E-state index contributed by atoms with van der Waals surface area (Å²) in [5.41, 5.74) is 4.09. The van der Waals surface area contributed by atoms with Crippen molar-refractivity contribution in [2.45, 2.75) is 39.4 Å². The first-order chi connectivity index (χ1) is 15.4. The summed E-state index contributed by atoms with van der Waals surface area (Å²) in [5.74, 6) is 0.183. The predicted molar refractivity (Wildman–Crippen MR) is 119 cm³/mol. The van der Waals surface area contributed by atoms with Crippen molar-refractivity contribution in [3.63, 3.8) is 0 Å². The molecule has 3 aromatic rings. The Kier molecular flexibility index (Phi) is 5.93. The van der Waals surface area contributed by atoms with E-state index >= 15 is 0 Å². The minimum atomic E-state index is -0.501. The Hall–Kier alpha value is -3.69. The van der Waals surface area contributed by atoms with Crippen LogP contribution in [0.2, 0.25) is 0 Å². The van der Waals surface area contributed by atoms with Crippen molar-refractivity contribution in [3.8, 4) is 5.88 Å². The molecule has 0 saturated heterocycles. The number of aromatic nitrogens is 4. The van der Waals surface area contributed by atoms with E-state index < -0.39 is 5.82 Å². The van der Waals surface area contributed by atoms with Gasteiger partial charge in [0.15, 0.2) is 5.82 Å². The monoisotopic (exact) mass is 439 g/mol. The minimum Gasteiger partial charge on any atom is -0.479 e. The SMILES string of the molecule is CC[C@H]1C(=O)Nc2c(cc(NCc3cnn(Cc4cnc(OC)c(F)c4)c3)nc2C)N1C. The molecule has 0 unspecified atom stereocenters. The van der Waals surface area contributed by atoms with Crippen molar-refractivity contribution in [1.29, 1.82) is 0 Å². The van der Waals surface area contributed by atoms with Crippen LogP contribution in [0.5, 0.6) is 5.88 Å². The first-order valence-corrected chi connectivity index (χ1v) is 10.4. The van der Waals surface area contributed by atoms with Crippen molar-refractivity contribution in [1.82, 2.24) is 19.7 Å². The highest BCUT2D eigenvalue weighted by Crippen LogP contribution is 2.35. The Bertz CT molecular complexity index is 1150. The van der Waals surface area contributed by atoms with Gasteiger partial charge in [-0.2, -0.15) is 5.10 Å². The molecule has 0 aliphatic carbocycles. The first-order valence-electron chi connectivity index (χ1n) is 10.4. The summed E-state index contributed by atoms with van der Waals surface area (Å²) in [5, 5.41) is 10.6. The largest absolute Gasteiger partial charge is 0.479 e. The normalized spacial score (nSPS) is 15.3. The number of nitrogens with zero attached hydrogens (tertiary/aromatic N) is 5. The molecule has 168 valence electrons. The Balaban J connectivity index is 1.44. The fraction of sp³-hybridized carbons (Fsp3) is 0.364. The summed E-state index contributed by atoms with van der Waals surface area (Å²) in [6.07, 6.45) is 5.93. The molecule has 2 N–H and O–H groups in total. The van der Waals surface area contributed by atoms with Crippen LogP contribution in [0.4, 0.5) is 21.6 Å². The number of nitrogens with one attached hydrogen (secondary N) is 2. The zero-order chi connectivity index (χ0) is 22.8. The van der Waals surface area contributed by atoms with Gasteiger partial charge in [-0.25, -0.2) is 14.4 Å². The molecule has 1 aliphatic heterocycles. The number of aryl methyl sites for hydroxylation is 1. The molecule has 0 spiro atoms. The fourth-order valence-corrected chi connectivity index (χ4v) is 3.85. The number of ether oxygens (including phenoxy) is 1. The average molecular weight is 439 g/mol. The molecule has 1 atom stereocenters. The first kappa shape index (κ1) is 21.5. The molecule has 0 radical (unpaired) electrons. The van der Waals surface area contributed by atoms with Gasteiger partial charge in [0.25, 0.3) is 0 Å². The second-order valence-electron chi connectivity index (χ2n) is 7.75. The van der Waals surface area contributed by atoms with Gasteiger partial charge < -0.3 is 20.3 Å². The van der Waals surface area contributed by atoms with Crippen molar-refractivity contribution >= 4 is 23.1 Å². The lowest BCUT2D eigenvalue weighted by atomic mass is 10.1. The minimum absolute atomic E-state index is 0.00698. The zero-order valence-electron chi connectivity index (χ0n) is 18.5. The molecule has 0 fully saturated rings. The number of carbonyl (C=O) groups is 1. The Morgan fingerprint density at radius 1 is 1.28 bits per heavy atom. The highest BCUT2D eigenvalue weighted by Gasteiger charge is 2.30. The van der Waals surface area contributed by atoms with Gasteiger partial charge in [0, 0.05) is 37.6 Å². The van der Waals surface area contributed by atoms with E-state index in [1.54, 1.807) is 17.1 Å². The summed E-state index contributed by atoms with van der Waals surface area (Å²) in [4.78, 5) is 22.8. The van der Waals surface area contributed by atoms with Gasteiger partial charge in [-0.15, -0.1) is 0 Å². The molecule has 0 aromatic carbocycles. The summed E-state index contributed by atoms with van der Waals surface area (Å²) in [7, 11) is 3.31. The average Bonchev–Trinajstić information content (AvgIpc) is 3.21. The maximum Gasteiger partial charge on any atom is 0.250 e. The molecule has 0 bridgehead atoms. The van der Waals surface area contributed by atoms with Crippen LogP contribution in [0.3, 0.4) is 0 Å². The van der Waals surface area contributed by atoms with E-state index in [4.69, 9.17) is 4.74 Å². The Labute approximate surface area is 185 Å². The number of anilines is 3. The molecule has 4 heterocycles. The molecule has 0 saturated carbocycles. The molecule has 4 rings (SSSR count). The number of rotatable bonds is 7. The van der Waals surface area contributed by atoms with Crippen LogP contribution in [0.1, 0.15) is 30.2 Å². The van der Waals surface area contributed by atoms with Crippen molar-refractivity contribution in [3.05, 3.63) is 53.4 Å². The van der Waals surface area contributed by atoms with Crippen LogP contribution in [0.25, 0.3) is 0 Å².